The zero-order valence-corrected chi connectivity index (χ0v) is 15.2. The third kappa shape index (κ3) is 6.36. The van der Waals surface area contributed by atoms with Gasteiger partial charge in [-0.25, -0.2) is 0 Å². The average molecular weight is 323 g/mol. The van der Waals surface area contributed by atoms with Crippen LogP contribution in [0.3, 0.4) is 0 Å². The largest absolute Gasteiger partial charge is 0.503 e. The lowest BCUT2D eigenvalue weighted by Crippen LogP contribution is -2.30. The van der Waals surface area contributed by atoms with Gasteiger partial charge in [0.05, 0.1) is 6.20 Å². The monoisotopic (exact) mass is 323 g/mol. The van der Waals surface area contributed by atoms with Crippen LogP contribution in [0.1, 0.15) is 46.2 Å². The fourth-order valence-corrected chi connectivity index (χ4v) is 2.70. The number of aromatic hydroxyl groups is 1. The molecule has 0 fully saturated rings. The zero-order chi connectivity index (χ0) is 17.2. The summed E-state index contributed by atoms with van der Waals surface area (Å²) in [5.74, 6) is -0.162. The molecule has 1 heterocycles. The minimum Gasteiger partial charge on any atom is -0.503 e. The molecule has 23 heavy (non-hydrogen) atoms. The van der Waals surface area contributed by atoms with Gasteiger partial charge in [0.15, 0.2) is 5.75 Å². The minimum atomic E-state index is -0.286. The van der Waals surface area contributed by atoms with Crippen LogP contribution in [0.5, 0.6) is 5.75 Å². The van der Waals surface area contributed by atoms with E-state index in [0.29, 0.717) is 0 Å². The van der Waals surface area contributed by atoms with E-state index in [4.69, 9.17) is 0 Å². The highest BCUT2D eigenvalue weighted by Gasteiger charge is 2.11. The molecule has 0 amide bonds. The van der Waals surface area contributed by atoms with Gasteiger partial charge in [-0.3, -0.25) is 9.69 Å². The van der Waals surface area contributed by atoms with E-state index in [1.807, 2.05) is 4.57 Å². The van der Waals surface area contributed by atoms with Crippen molar-refractivity contribution in [3.05, 3.63) is 28.2 Å². The second-order valence-corrected chi connectivity index (χ2v) is 5.96. The van der Waals surface area contributed by atoms with Gasteiger partial charge in [-0.15, -0.1) is 0 Å². The maximum absolute atomic E-state index is 11.8. The predicted molar refractivity (Wildman–Crippen MR) is 96.0 cm³/mol. The summed E-state index contributed by atoms with van der Waals surface area (Å²) in [6.07, 6.45) is 3.92. The molecule has 0 atom stereocenters. The second kappa shape index (κ2) is 10.4. The molecule has 0 aliphatic rings. The lowest BCUT2D eigenvalue weighted by Gasteiger charge is -2.24. The van der Waals surface area contributed by atoms with E-state index in [-0.39, 0.29) is 11.2 Å². The molecule has 0 unspecified atom stereocenters. The third-order valence-corrected chi connectivity index (χ3v) is 4.41. The summed E-state index contributed by atoms with van der Waals surface area (Å²) in [6.45, 7) is 15.1. The molecule has 0 aromatic carbocycles. The van der Waals surface area contributed by atoms with E-state index < -0.39 is 0 Å². The quantitative estimate of drug-likeness (QED) is 0.680. The SMILES string of the molecule is CCCCN(CC)Cc1cc(=O)c(O)cn1CCN(CC)CC. The maximum atomic E-state index is 11.8. The second-order valence-electron chi connectivity index (χ2n) is 5.96. The van der Waals surface area contributed by atoms with E-state index in [1.165, 1.54) is 6.42 Å². The smallest absolute Gasteiger partial charge is 0.223 e. The van der Waals surface area contributed by atoms with Gasteiger partial charge in [-0.1, -0.05) is 34.1 Å². The van der Waals surface area contributed by atoms with E-state index in [1.54, 1.807) is 12.3 Å². The Hall–Kier alpha value is -1.33. The maximum Gasteiger partial charge on any atom is 0.223 e. The van der Waals surface area contributed by atoms with E-state index >= 15 is 0 Å². The number of nitrogens with zero attached hydrogens (tertiary/aromatic N) is 3. The van der Waals surface area contributed by atoms with Gasteiger partial charge in [-0.05, 0) is 32.6 Å². The Morgan fingerprint density at radius 3 is 2.26 bits per heavy atom. The Kier molecular flexibility index (Phi) is 8.95. The number of rotatable bonds is 11. The van der Waals surface area contributed by atoms with Crippen molar-refractivity contribution in [2.75, 3.05) is 32.7 Å². The van der Waals surface area contributed by atoms with E-state index in [9.17, 15) is 9.90 Å². The molecule has 5 nitrogen and oxygen atoms in total. The van der Waals surface area contributed by atoms with Gasteiger partial charge >= 0.3 is 0 Å². The van der Waals surface area contributed by atoms with Gasteiger partial charge in [0, 0.05) is 31.4 Å². The fraction of sp³-hybridized carbons (Fsp3) is 0.722. The summed E-state index contributed by atoms with van der Waals surface area (Å²) in [5.41, 5.74) is 0.698. The molecule has 0 aliphatic heterocycles. The first-order valence-corrected chi connectivity index (χ1v) is 8.92. The van der Waals surface area contributed by atoms with E-state index in [0.717, 1.165) is 57.9 Å². The Labute approximate surface area is 140 Å². The molecule has 132 valence electrons. The van der Waals surface area contributed by atoms with Gasteiger partial charge in [0.25, 0.3) is 0 Å². The minimum absolute atomic E-state index is 0.162. The summed E-state index contributed by atoms with van der Waals surface area (Å²) < 4.78 is 2.03. The summed E-state index contributed by atoms with van der Waals surface area (Å²) in [5, 5.41) is 9.78. The van der Waals surface area contributed by atoms with Gasteiger partial charge < -0.3 is 14.6 Å². The molecule has 5 heteroatoms. The van der Waals surface area contributed by atoms with Crippen molar-refractivity contribution in [2.45, 2.75) is 53.6 Å². The van der Waals surface area contributed by atoms with Crippen LogP contribution in [0.2, 0.25) is 0 Å². The molecular weight excluding hydrogens is 290 g/mol. The molecule has 0 saturated heterocycles. The summed E-state index contributed by atoms with van der Waals surface area (Å²) in [7, 11) is 0. The Bertz CT molecular complexity index is 509. The summed E-state index contributed by atoms with van der Waals surface area (Å²) in [6, 6.07) is 1.59. The lowest BCUT2D eigenvalue weighted by atomic mass is 10.2. The molecule has 1 rings (SSSR count). The predicted octanol–water partition coefficient (Wildman–Crippen LogP) is 2.52. The first-order valence-electron chi connectivity index (χ1n) is 8.92. The number of unbranched alkanes of at least 4 members (excludes halogenated alkanes) is 1. The average Bonchev–Trinajstić information content (AvgIpc) is 2.56. The molecule has 0 bridgehead atoms. The Morgan fingerprint density at radius 2 is 1.70 bits per heavy atom. The Balaban J connectivity index is 2.90. The van der Waals surface area contributed by atoms with Crippen molar-refractivity contribution in [3.8, 4) is 5.75 Å². The lowest BCUT2D eigenvalue weighted by molar-refractivity contribution is 0.258. The highest BCUT2D eigenvalue weighted by atomic mass is 16.3. The molecular formula is C18H33N3O2. The van der Waals surface area contributed by atoms with Crippen LogP contribution in [-0.4, -0.2) is 52.2 Å². The first kappa shape index (κ1) is 19.7. The molecule has 0 saturated carbocycles. The van der Waals surface area contributed by atoms with Crippen LogP contribution < -0.4 is 5.43 Å². The zero-order valence-electron chi connectivity index (χ0n) is 15.2. The van der Waals surface area contributed by atoms with Gasteiger partial charge in [0.1, 0.15) is 0 Å². The standard InChI is InChI=1S/C18H33N3O2/c1-5-9-10-20(8-4)14-16-13-17(22)18(23)15-21(16)12-11-19(6-2)7-3/h13,15,23H,5-12,14H2,1-4H3. The fourth-order valence-electron chi connectivity index (χ4n) is 2.70. The highest BCUT2D eigenvalue weighted by Crippen LogP contribution is 2.10. The highest BCUT2D eigenvalue weighted by molar-refractivity contribution is 5.20. The van der Waals surface area contributed by atoms with Crippen LogP contribution in [0.25, 0.3) is 0 Å². The van der Waals surface area contributed by atoms with Crippen molar-refractivity contribution in [1.29, 1.82) is 0 Å². The van der Waals surface area contributed by atoms with Crippen molar-refractivity contribution >= 4 is 0 Å². The number of pyridine rings is 1. The molecule has 0 spiro atoms. The van der Waals surface area contributed by atoms with Crippen molar-refractivity contribution in [2.24, 2.45) is 0 Å². The molecule has 1 aromatic heterocycles. The number of aromatic nitrogens is 1. The van der Waals surface area contributed by atoms with Crippen molar-refractivity contribution < 1.29 is 5.11 Å². The first-order chi connectivity index (χ1) is 11.0. The normalized spacial score (nSPS) is 11.6. The summed E-state index contributed by atoms with van der Waals surface area (Å²) in [4.78, 5) is 16.5. The van der Waals surface area contributed by atoms with Crippen LogP contribution in [0.15, 0.2) is 17.1 Å². The topological polar surface area (TPSA) is 48.7 Å². The van der Waals surface area contributed by atoms with Gasteiger partial charge in [-0.2, -0.15) is 0 Å². The molecule has 1 aromatic rings. The molecule has 0 radical (unpaired) electrons. The van der Waals surface area contributed by atoms with Gasteiger partial charge in [0.2, 0.25) is 5.43 Å². The van der Waals surface area contributed by atoms with Crippen molar-refractivity contribution in [3.63, 3.8) is 0 Å². The number of hydrogen-bond acceptors (Lipinski definition) is 4. The molecule has 1 N–H and O–H groups in total. The van der Waals surface area contributed by atoms with Crippen LogP contribution in [-0.2, 0) is 13.1 Å². The number of hydrogen-bond donors (Lipinski definition) is 1. The summed E-state index contributed by atoms with van der Waals surface area (Å²) >= 11 is 0. The van der Waals surface area contributed by atoms with Crippen LogP contribution in [0, 0.1) is 0 Å². The Morgan fingerprint density at radius 1 is 1.04 bits per heavy atom. The van der Waals surface area contributed by atoms with Crippen molar-refractivity contribution in [1.82, 2.24) is 14.4 Å². The van der Waals surface area contributed by atoms with E-state index in [2.05, 4.69) is 37.5 Å². The third-order valence-electron chi connectivity index (χ3n) is 4.41. The van der Waals surface area contributed by atoms with Crippen LogP contribution in [0.4, 0.5) is 0 Å². The number of likely N-dealkylation sites (N-methyl/N-ethyl adjacent to an activating group) is 1. The molecule has 0 aliphatic carbocycles. The van der Waals surface area contributed by atoms with Crippen LogP contribution >= 0.6 is 0 Å².